The molecule has 1 unspecified atom stereocenters. The van der Waals surface area contributed by atoms with Gasteiger partial charge in [-0.1, -0.05) is 54.6 Å². The highest BCUT2D eigenvalue weighted by molar-refractivity contribution is 6.21. The first-order chi connectivity index (χ1) is 10.8. The van der Waals surface area contributed by atoms with E-state index in [9.17, 15) is 0 Å². The van der Waals surface area contributed by atoms with Crippen molar-refractivity contribution in [3.05, 3.63) is 65.7 Å². The van der Waals surface area contributed by atoms with Crippen LogP contribution in [-0.2, 0) is 0 Å². The molecule has 2 nitrogen and oxygen atoms in total. The maximum Gasteiger partial charge on any atom is 0.0704 e. The lowest BCUT2D eigenvalue weighted by Crippen LogP contribution is -2.31. The van der Waals surface area contributed by atoms with Crippen molar-refractivity contribution in [1.29, 1.82) is 5.41 Å². The van der Waals surface area contributed by atoms with Crippen LogP contribution in [0.4, 0.5) is 5.69 Å². The lowest BCUT2D eigenvalue weighted by molar-refractivity contribution is 0.828. The Morgan fingerprint density at radius 2 is 1.73 bits per heavy atom. The van der Waals surface area contributed by atoms with Crippen molar-refractivity contribution in [1.82, 2.24) is 0 Å². The summed E-state index contributed by atoms with van der Waals surface area (Å²) in [5, 5.41) is 8.43. The van der Waals surface area contributed by atoms with Gasteiger partial charge in [-0.2, -0.15) is 0 Å². The van der Waals surface area contributed by atoms with E-state index in [4.69, 9.17) is 10.4 Å². The zero-order valence-electron chi connectivity index (χ0n) is 12.4. The minimum absolute atomic E-state index is 0.0730. The Balaban J connectivity index is 1.91. The largest absolute Gasteiger partial charge is 0.309 e. The molecule has 1 heterocycles. The minimum atomic E-state index is 0.0730. The van der Waals surface area contributed by atoms with Crippen LogP contribution in [0.3, 0.4) is 0 Å². The second kappa shape index (κ2) is 5.38. The Kier molecular flexibility index (Phi) is 3.23. The van der Waals surface area contributed by atoms with E-state index in [1.165, 1.54) is 16.7 Å². The second-order valence-electron chi connectivity index (χ2n) is 5.94. The van der Waals surface area contributed by atoms with Gasteiger partial charge < -0.3 is 5.41 Å². The first-order valence-electron chi connectivity index (χ1n) is 7.84. The van der Waals surface area contributed by atoms with Crippen molar-refractivity contribution in [3.63, 3.8) is 0 Å². The van der Waals surface area contributed by atoms with E-state index in [1.807, 2.05) is 12.1 Å². The van der Waals surface area contributed by atoms with E-state index < -0.39 is 0 Å². The molecule has 2 heteroatoms. The molecule has 1 atom stereocenters. The zero-order chi connectivity index (χ0) is 14.9. The Hall–Kier alpha value is -2.48. The Labute approximate surface area is 130 Å². The molecule has 108 valence electrons. The normalized spacial score (nSPS) is 22.0. The summed E-state index contributed by atoms with van der Waals surface area (Å²) in [4.78, 5) is 4.84. The number of allylic oxidation sites excluding steroid dienone is 1. The number of hydrogen-bond donors (Lipinski definition) is 1. The molecule has 22 heavy (non-hydrogen) atoms. The van der Waals surface area contributed by atoms with Gasteiger partial charge in [0.25, 0.3) is 0 Å². The molecule has 4 rings (SSSR count). The Morgan fingerprint density at radius 1 is 0.955 bits per heavy atom. The van der Waals surface area contributed by atoms with Crippen molar-refractivity contribution in [2.45, 2.75) is 19.3 Å². The molecule has 0 aromatic heterocycles. The summed E-state index contributed by atoms with van der Waals surface area (Å²) >= 11 is 0. The zero-order valence-corrected chi connectivity index (χ0v) is 12.4. The average Bonchev–Trinajstić information content (AvgIpc) is 2.56. The molecule has 0 spiro atoms. The molecule has 0 amide bonds. The fraction of sp³-hybridized carbons (Fsp3) is 0.200. The average molecular weight is 286 g/mol. The first kappa shape index (κ1) is 13.2. The highest BCUT2D eigenvalue weighted by atomic mass is 14.8. The third-order valence-electron chi connectivity index (χ3n) is 4.47. The fourth-order valence-electron chi connectivity index (χ4n) is 3.45. The van der Waals surface area contributed by atoms with Gasteiger partial charge in [-0.15, -0.1) is 0 Å². The highest BCUT2D eigenvalue weighted by Crippen LogP contribution is 2.42. The van der Waals surface area contributed by atoms with Crippen LogP contribution >= 0.6 is 0 Å². The summed E-state index contributed by atoms with van der Waals surface area (Å²) in [7, 11) is 0. The lowest BCUT2D eigenvalue weighted by atomic mass is 9.75. The molecular formula is C20H18N2. The number of para-hydroxylation sites is 1. The minimum Gasteiger partial charge on any atom is -0.309 e. The van der Waals surface area contributed by atoms with Crippen LogP contribution in [0, 0.1) is 11.3 Å². The number of nitrogens with one attached hydrogen (secondary N) is 1. The lowest BCUT2D eigenvalue weighted by Gasteiger charge is -2.32. The third kappa shape index (κ3) is 2.21. The van der Waals surface area contributed by atoms with Crippen LogP contribution in [0.25, 0.3) is 11.6 Å². The molecule has 1 aliphatic heterocycles. The van der Waals surface area contributed by atoms with Gasteiger partial charge in [0, 0.05) is 17.0 Å². The molecule has 1 saturated carbocycles. The SMILES string of the molecule is N=C1CCCC2=Nc3ccccc3C(=Cc3ccccc3)C12. The van der Waals surface area contributed by atoms with Crippen LogP contribution < -0.4 is 0 Å². The summed E-state index contributed by atoms with van der Waals surface area (Å²) in [6.45, 7) is 0. The molecule has 0 radical (unpaired) electrons. The van der Waals surface area contributed by atoms with Crippen LogP contribution in [0.15, 0.2) is 59.6 Å². The van der Waals surface area contributed by atoms with Crippen molar-refractivity contribution in [2.24, 2.45) is 10.9 Å². The standard InChI is InChI=1S/C20H18N2/c21-17-10-6-12-19-20(17)16(13-14-7-2-1-3-8-14)15-9-4-5-11-18(15)22-19/h1-5,7-9,11,13,20-21H,6,10,12H2. The van der Waals surface area contributed by atoms with Gasteiger partial charge >= 0.3 is 0 Å². The molecule has 0 saturated heterocycles. The monoisotopic (exact) mass is 286 g/mol. The van der Waals surface area contributed by atoms with Crippen LogP contribution in [-0.4, -0.2) is 11.4 Å². The molecule has 2 aromatic rings. The number of fused-ring (bicyclic) bond motifs is 2. The summed E-state index contributed by atoms with van der Waals surface area (Å²) in [6.07, 6.45) is 5.18. The van der Waals surface area contributed by atoms with Gasteiger partial charge in [0.1, 0.15) is 0 Å². The maximum atomic E-state index is 8.43. The van der Waals surface area contributed by atoms with Crippen LogP contribution in [0.5, 0.6) is 0 Å². The smallest absolute Gasteiger partial charge is 0.0704 e. The predicted molar refractivity (Wildman–Crippen MR) is 92.9 cm³/mol. The van der Waals surface area contributed by atoms with E-state index in [0.717, 1.165) is 36.4 Å². The van der Waals surface area contributed by atoms with Crippen LogP contribution in [0.1, 0.15) is 30.4 Å². The van der Waals surface area contributed by atoms with Crippen molar-refractivity contribution < 1.29 is 0 Å². The summed E-state index contributed by atoms with van der Waals surface area (Å²) in [5.74, 6) is 0.0730. The summed E-state index contributed by atoms with van der Waals surface area (Å²) in [5.41, 5.74) is 6.61. The highest BCUT2D eigenvalue weighted by Gasteiger charge is 2.33. The van der Waals surface area contributed by atoms with Gasteiger partial charge in [0.2, 0.25) is 0 Å². The van der Waals surface area contributed by atoms with Gasteiger partial charge in [0.15, 0.2) is 0 Å². The summed E-state index contributed by atoms with van der Waals surface area (Å²) < 4.78 is 0. The maximum absolute atomic E-state index is 8.43. The number of rotatable bonds is 1. The van der Waals surface area contributed by atoms with Crippen LogP contribution in [0.2, 0.25) is 0 Å². The molecular weight excluding hydrogens is 268 g/mol. The summed E-state index contributed by atoms with van der Waals surface area (Å²) in [6, 6.07) is 18.7. The van der Waals surface area contributed by atoms with Gasteiger partial charge in [-0.25, -0.2) is 0 Å². The number of aliphatic imine (C=N–C) groups is 1. The van der Waals surface area contributed by atoms with Gasteiger partial charge in [-0.3, -0.25) is 4.99 Å². The van der Waals surface area contributed by atoms with Crippen molar-refractivity contribution in [2.75, 3.05) is 0 Å². The Bertz CT molecular complexity index is 784. The Morgan fingerprint density at radius 3 is 2.59 bits per heavy atom. The molecule has 0 bridgehead atoms. The van der Waals surface area contributed by atoms with E-state index in [2.05, 4.69) is 48.5 Å². The van der Waals surface area contributed by atoms with E-state index >= 15 is 0 Å². The van der Waals surface area contributed by atoms with E-state index in [1.54, 1.807) is 0 Å². The van der Waals surface area contributed by atoms with Gasteiger partial charge in [-0.05, 0) is 36.5 Å². The van der Waals surface area contributed by atoms with Gasteiger partial charge in [0.05, 0.1) is 11.6 Å². The quantitative estimate of drug-likeness (QED) is 0.754. The molecule has 2 aliphatic rings. The molecule has 1 N–H and O–H groups in total. The molecule has 1 aliphatic carbocycles. The molecule has 2 aromatic carbocycles. The topological polar surface area (TPSA) is 36.2 Å². The fourth-order valence-corrected chi connectivity index (χ4v) is 3.45. The van der Waals surface area contributed by atoms with E-state index in [-0.39, 0.29) is 5.92 Å². The van der Waals surface area contributed by atoms with E-state index in [0.29, 0.717) is 0 Å². The number of nitrogens with zero attached hydrogens (tertiary/aromatic N) is 1. The first-order valence-corrected chi connectivity index (χ1v) is 7.84. The molecule has 1 fully saturated rings. The predicted octanol–water partition coefficient (Wildman–Crippen LogP) is 5.13. The van der Waals surface area contributed by atoms with Crippen molar-refractivity contribution in [3.8, 4) is 0 Å². The third-order valence-corrected chi connectivity index (χ3v) is 4.47. The number of hydrogen-bond acceptors (Lipinski definition) is 2. The number of benzene rings is 2. The second-order valence-corrected chi connectivity index (χ2v) is 5.94. The van der Waals surface area contributed by atoms with Crippen molar-refractivity contribution >= 4 is 28.8 Å².